The van der Waals surface area contributed by atoms with Crippen molar-refractivity contribution in [2.45, 2.75) is 26.4 Å². The molecule has 0 N–H and O–H groups in total. The van der Waals surface area contributed by atoms with E-state index in [1.165, 1.54) is 33.4 Å². The lowest BCUT2D eigenvalue weighted by Crippen LogP contribution is -2.14. The molecule has 5 nitrogen and oxygen atoms in total. The third-order valence-electron chi connectivity index (χ3n) is 3.73. The normalized spacial score (nSPS) is 11.5. The van der Waals surface area contributed by atoms with E-state index in [-0.39, 0.29) is 12.2 Å². The minimum atomic E-state index is -0.471. The summed E-state index contributed by atoms with van der Waals surface area (Å²) in [6, 6.07) is 9.40. The van der Waals surface area contributed by atoms with Gasteiger partial charge in [-0.2, -0.15) is 0 Å². The van der Waals surface area contributed by atoms with Gasteiger partial charge in [-0.3, -0.25) is 9.20 Å². The summed E-state index contributed by atoms with van der Waals surface area (Å²) in [4.78, 5) is 28.6. The van der Waals surface area contributed by atoms with E-state index in [0.29, 0.717) is 16.6 Å². The van der Waals surface area contributed by atoms with Gasteiger partial charge in [0.1, 0.15) is 6.61 Å². The Morgan fingerprint density at radius 3 is 2.80 bits per heavy atom. The van der Waals surface area contributed by atoms with Crippen LogP contribution in [0.2, 0.25) is 0 Å². The summed E-state index contributed by atoms with van der Waals surface area (Å²) in [5.41, 5.74) is 2.44. The molecule has 0 amide bonds. The van der Waals surface area contributed by atoms with E-state index in [2.05, 4.69) is 18.8 Å². The molecule has 3 aromatic rings. The fourth-order valence-corrected chi connectivity index (χ4v) is 3.05. The Bertz CT molecular complexity index is 968. The Hall–Kier alpha value is -2.73. The van der Waals surface area contributed by atoms with E-state index in [1.54, 1.807) is 17.7 Å². The van der Waals surface area contributed by atoms with Crippen molar-refractivity contribution in [2.24, 2.45) is 0 Å². The average molecular weight is 354 g/mol. The average Bonchev–Trinajstić information content (AvgIpc) is 3.07. The second-order valence-corrected chi connectivity index (χ2v) is 6.78. The number of thiazole rings is 1. The Morgan fingerprint density at radius 1 is 1.32 bits per heavy atom. The Morgan fingerprint density at radius 2 is 2.08 bits per heavy atom. The van der Waals surface area contributed by atoms with Gasteiger partial charge in [-0.15, -0.1) is 11.3 Å². The molecule has 0 aliphatic carbocycles. The largest absolute Gasteiger partial charge is 0.456 e. The third kappa shape index (κ3) is 4.22. The van der Waals surface area contributed by atoms with Crippen molar-refractivity contribution in [1.82, 2.24) is 9.38 Å². The molecule has 0 radical (unpaired) electrons. The molecule has 0 unspecified atom stereocenters. The van der Waals surface area contributed by atoms with Gasteiger partial charge in [0.2, 0.25) is 0 Å². The first-order chi connectivity index (χ1) is 12.0. The highest BCUT2D eigenvalue weighted by Gasteiger charge is 2.05. The molecule has 0 saturated heterocycles. The summed E-state index contributed by atoms with van der Waals surface area (Å²) >= 11 is 1.36. The molecular weight excluding hydrogens is 336 g/mol. The molecule has 3 rings (SSSR count). The van der Waals surface area contributed by atoms with Crippen molar-refractivity contribution < 1.29 is 9.53 Å². The lowest BCUT2D eigenvalue weighted by atomic mass is 10.0. The number of esters is 1. The minimum Gasteiger partial charge on any atom is -0.456 e. The molecule has 0 atom stereocenters. The number of hydrogen-bond donors (Lipinski definition) is 0. The number of ether oxygens (including phenoxy) is 1. The zero-order chi connectivity index (χ0) is 17.8. The van der Waals surface area contributed by atoms with E-state index in [9.17, 15) is 9.59 Å². The van der Waals surface area contributed by atoms with Gasteiger partial charge in [0, 0.05) is 23.7 Å². The van der Waals surface area contributed by atoms with Crippen LogP contribution in [0.5, 0.6) is 0 Å². The standard InChI is InChI=1S/C19H18N2O3S/c1-13(2)15-6-3-14(4-7-15)5-8-18(23)24-12-16-11-17(22)21-9-10-25-19(21)20-16/h3-11,13H,12H2,1-2H3. The van der Waals surface area contributed by atoms with Gasteiger partial charge in [-0.05, 0) is 23.1 Å². The molecule has 1 aromatic carbocycles. The molecular formula is C19H18N2O3S. The monoisotopic (exact) mass is 354 g/mol. The number of aromatic nitrogens is 2. The van der Waals surface area contributed by atoms with Crippen LogP contribution in [0.25, 0.3) is 11.0 Å². The van der Waals surface area contributed by atoms with Crippen LogP contribution >= 0.6 is 11.3 Å². The Balaban J connectivity index is 1.60. The number of hydrogen-bond acceptors (Lipinski definition) is 5. The van der Waals surface area contributed by atoms with Crippen molar-refractivity contribution in [3.63, 3.8) is 0 Å². The first kappa shape index (κ1) is 17.1. The highest BCUT2D eigenvalue weighted by molar-refractivity contribution is 7.15. The molecule has 128 valence electrons. The highest BCUT2D eigenvalue weighted by Crippen LogP contribution is 2.15. The van der Waals surface area contributed by atoms with Gasteiger partial charge in [-0.25, -0.2) is 9.78 Å². The molecule has 0 aliphatic rings. The number of carbonyl (C=O) groups is 1. The molecule has 0 fully saturated rings. The van der Waals surface area contributed by atoms with Crippen LogP contribution in [0.3, 0.4) is 0 Å². The summed E-state index contributed by atoms with van der Waals surface area (Å²) in [7, 11) is 0. The van der Waals surface area contributed by atoms with Gasteiger partial charge in [0.05, 0.1) is 5.69 Å². The summed E-state index contributed by atoms with van der Waals surface area (Å²) in [5, 5.41) is 1.78. The second-order valence-electron chi connectivity index (χ2n) is 5.90. The maximum atomic E-state index is 11.9. The first-order valence-electron chi connectivity index (χ1n) is 7.93. The smallest absolute Gasteiger partial charge is 0.331 e. The van der Waals surface area contributed by atoms with Gasteiger partial charge >= 0.3 is 5.97 Å². The highest BCUT2D eigenvalue weighted by atomic mass is 32.1. The predicted molar refractivity (Wildman–Crippen MR) is 98.7 cm³/mol. The fourth-order valence-electron chi connectivity index (χ4n) is 2.31. The lowest BCUT2D eigenvalue weighted by Gasteiger charge is -2.04. The van der Waals surface area contributed by atoms with Crippen LogP contribution in [0.1, 0.15) is 36.6 Å². The van der Waals surface area contributed by atoms with E-state index in [4.69, 9.17) is 4.74 Å². The molecule has 0 spiro atoms. The van der Waals surface area contributed by atoms with Crippen LogP contribution in [-0.2, 0) is 16.1 Å². The Kier molecular flexibility index (Phi) is 5.09. The van der Waals surface area contributed by atoms with Crippen molar-refractivity contribution in [2.75, 3.05) is 0 Å². The number of nitrogens with zero attached hydrogens (tertiary/aromatic N) is 2. The van der Waals surface area contributed by atoms with Gasteiger partial charge < -0.3 is 4.74 Å². The SMILES string of the molecule is CC(C)c1ccc(C=CC(=O)OCc2cc(=O)n3ccsc3n2)cc1. The molecule has 6 heteroatoms. The minimum absolute atomic E-state index is 0.0287. The maximum absolute atomic E-state index is 11.9. The Labute approximate surface area is 149 Å². The zero-order valence-corrected chi connectivity index (χ0v) is 14.8. The topological polar surface area (TPSA) is 60.7 Å². The van der Waals surface area contributed by atoms with Crippen LogP contribution in [0.4, 0.5) is 0 Å². The van der Waals surface area contributed by atoms with Crippen LogP contribution in [0, 0.1) is 0 Å². The summed E-state index contributed by atoms with van der Waals surface area (Å²) in [6.45, 7) is 4.24. The maximum Gasteiger partial charge on any atom is 0.331 e. The summed E-state index contributed by atoms with van der Waals surface area (Å²) in [5.74, 6) is 0.00126. The van der Waals surface area contributed by atoms with E-state index in [0.717, 1.165) is 5.56 Å². The molecule has 2 heterocycles. The molecule has 0 saturated carbocycles. The third-order valence-corrected chi connectivity index (χ3v) is 4.49. The number of fused-ring (bicyclic) bond motifs is 1. The quantitative estimate of drug-likeness (QED) is 0.518. The van der Waals surface area contributed by atoms with Gasteiger partial charge in [0.25, 0.3) is 5.56 Å². The molecule has 0 bridgehead atoms. The summed E-state index contributed by atoms with van der Waals surface area (Å²) in [6.07, 6.45) is 4.75. The van der Waals surface area contributed by atoms with Gasteiger partial charge in [0.15, 0.2) is 4.96 Å². The van der Waals surface area contributed by atoms with E-state index >= 15 is 0 Å². The van der Waals surface area contributed by atoms with Crippen LogP contribution in [-0.4, -0.2) is 15.4 Å². The van der Waals surface area contributed by atoms with Crippen molar-refractivity contribution in [3.05, 3.63) is 75.2 Å². The van der Waals surface area contributed by atoms with Crippen LogP contribution < -0.4 is 5.56 Å². The van der Waals surface area contributed by atoms with E-state index in [1.807, 2.05) is 24.3 Å². The van der Waals surface area contributed by atoms with Gasteiger partial charge in [-0.1, -0.05) is 38.1 Å². The van der Waals surface area contributed by atoms with Crippen molar-refractivity contribution in [1.29, 1.82) is 0 Å². The molecule has 0 aliphatic heterocycles. The lowest BCUT2D eigenvalue weighted by molar-refractivity contribution is -0.139. The summed E-state index contributed by atoms with van der Waals surface area (Å²) < 4.78 is 6.62. The fraction of sp³-hybridized carbons (Fsp3) is 0.211. The predicted octanol–water partition coefficient (Wildman–Crippen LogP) is 3.64. The molecule has 25 heavy (non-hydrogen) atoms. The first-order valence-corrected chi connectivity index (χ1v) is 8.81. The van der Waals surface area contributed by atoms with E-state index < -0.39 is 5.97 Å². The number of carbonyl (C=O) groups excluding carboxylic acids is 1. The number of benzene rings is 1. The number of rotatable bonds is 5. The van der Waals surface area contributed by atoms with Crippen molar-refractivity contribution >= 4 is 28.3 Å². The second kappa shape index (κ2) is 7.44. The van der Waals surface area contributed by atoms with Crippen molar-refractivity contribution in [3.8, 4) is 0 Å². The molecule has 2 aromatic heterocycles. The van der Waals surface area contributed by atoms with Crippen LogP contribution in [0.15, 0.2) is 52.8 Å². The zero-order valence-electron chi connectivity index (χ0n) is 14.0.